The second-order valence-electron chi connectivity index (χ2n) is 6.42. The standard InChI is InChI=1S/C22H19N3.ClH/c23-15-19-21(16-9-3-1-4-10-16)18-13-7-8-14-20(18)25(22(19)24)17-11-5-2-6-12-17;/h1-6,9-12,24H,7-8,13-14H2;1H. The number of fused-ring (bicyclic) bond motifs is 1. The van der Waals surface area contributed by atoms with Crippen LogP contribution in [0.2, 0.25) is 0 Å². The summed E-state index contributed by atoms with van der Waals surface area (Å²) in [6.07, 6.45) is 4.27. The molecule has 1 aliphatic rings. The van der Waals surface area contributed by atoms with E-state index < -0.39 is 0 Å². The van der Waals surface area contributed by atoms with E-state index in [0.29, 0.717) is 11.4 Å². The number of benzene rings is 2. The summed E-state index contributed by atoms with van der Waals surface area (Å²) < 4.78 is 2.08. The number of nitrogen functional groups attached to an aromatic ring is 1. The first-order valence-electron chi connectivity index (χ1n) is 8.71. The van der Waals surface area contributed by atoms with Crippen LogP contribution in [-0.4, -0.2) is 0 Å². The van der Waals surface area contributed by atoms with E-state index >= 15 is 0 Å². The Hall–Kier alpha value is -2.83. The second-order valence-corrected chi connectivity index (χ2v) is 6.42. The van der Waals surface area contributed by atoms with E-state index in [9.17, 15) is 5.26 Å². The number of anilines is 1. The highest BCUT2D eigenvalue weighted by Gasteiger charge is 2.29. The molecule has 3 aromatic rings. The van der Waals surface area contributed by atoms with Gasteiger partial charge in [-0.05, 0) is 37.0 Å². The first-order valence-corrected chi connectivity index (χ1v) is 8.71. The Bertz CT molecular complexity index is 960. The third kappa shape index (κ3) is 2.94. The highest BCUT2D eigenvalue weighted by Crippen LogP contribution is 2.35. The Labute approximate surface area is 160 Å². The van der Waals surface area contributed by atoms with Crippen LogP contribution in [0.25, 0.3) is 16.8 Å². The minimum absolute atomic E-state index is 0. The van der Waals surface area contributed by atoms with E-state index in [0.717, 1.165) is 42.5 Å². The highest BCUT2D eigenvalue weighted by molar-refractivity contribution is 5.78. The minimum atomic E-state index is 0. The number of rotatable bonds is 2. The highest BCUT2D eigenvalue weighted by atomic mass is 35.5. The molecule has 4 heteroatoms. The topological polar surface area (TPSA) is 53.7 Å². The average molecular weight is 362 g/mol. The van der Waals surface area contributed by atoms with Crippen LogP contribution >= 0.6 is 0 Å². The molecule has 0 amide bonds. The van der Waals surface area contributed by atoms with Gasteiger partial charge in [0.15, 0.2) is 0 Å². The molecule has 0 fully saturated rings. The van der Waals surface area contributed by atoms with Gasteiger partial charge >= 0.3 is 0 Å². The maximum Gasteiger partial charge on any atom is 0.296 e. The van der Waals surface area contributed by atoms with E-state index in [1.54, 1.807) is 0 Å². The van der Waals surface area contributed by atoms with Gasteiger partial charge in [-0.2, -0.15) is 9.83 Å². The molecular formula is C22H20ClN3. The van der Waals surface area contributed by atoms with Gasteiger partial charge in [-0.15, -0.1) is 0 Å². The number of halogens is 1. The zero-order chi connectivity index (χ0) is 17.2. The summed E-state index contributed by atoms with van der Waals surface area (Å²) in [7, 11) is 0. The van der Waals surface area contributed by atoms with Gasteiger partial charge in [0.1, 0.15) is 23.0 Å². The van der Waals surface area contributed by atoms with Crippen molar-refractivity contribution >= 4 is 5.82 Å². The van der Waals surface area contributed by atoms with Crippen molar-refractivity contribution in [2.24, 2.45) is 0 Å². The number of pyridine rings is 1. The van der Waals surface area contributed by atoms with Crippen molar-refractivity contribution in [2.45, 2.75) is 25.7 Å². The molecule has 0 aliphatic heterocycles. The Kier molecular flexibility index (Phi) is 5.25. The van der Waals surface area contributed by atoms with E-state index in [-0.39, 0.29) is 12.4 Å². The van der Waals surface area contributed by atoms with Gasteiger partial charge in [-0.3, -0.25) is 5.73 Å². The van der Waals surface area contributed by atoms with Gasteiger partial charge in [0.05, 0.1) is 0 Å². The van der Waals surface area contributed by atoms with Gasteiger partial charge in [0, 0.05) is 17.5 Å². The van der Waals surface area contributed by atoms with Gasteiger partial charge in [0.2, 0.25) is 0 Å². The monoisotopic (exact) mass is 361 g/mol. The zero-order valence-corrected chi connectivity index (χ0v) is 15.2. The smallest absolute Gasteiger partial charge is 0.296 e. The molecule has 2 N–H and O–H groups in total. The summed E-state index contributed by atoms with van der Waals surface area (Å²) in [4.78, 5) is 0. The van der Waals surface area contributed by atoms with E-state index in [4.69, 9.17) is 5.73 Å². The molecule has 0 saturated carbocycles. The first kappa shape index (κ1) is 18.0. The maximum atomic E-state index is 9.89. The maximum absolute atomic E-state index is 9.89. The van der Waals surface area contributed by atoms with E-state index in [1.807, 2.05) is 36.4 Å². The van der Waals surface area contributed by atoms with Crippen LogP contribution in [-0.2, 0) is 12.8 Å². The molecule has 0 radical (unpaired) electrons. The number of aromatic nitrogens is 1. The molecule has 0 bridgehead atoms. The first-order chi connectivity index (χ1) is 12.3. The molecule has 2 aromatic carbocycles. The van der Waals surface area contributed by atoms with Crippen molar-refractivity contribution in [3.8, 4) is 22.9 Å². The third-order valence-corrected chi connectivity index (χ3v) is 4.95. The Morgan fingerprint density at radius 2 is 1.50 bits per heavy atom. The average Bonchev–Trinajstić information content (AvgIpc) is 2.68. The largest absolute Gasteiger partial charge is 1.00 e. The summed E-state index contributed by atoms with van der Waals surface area (Å²) in [5, 5.41) is 9.89. The SMILES string of the molecule is N#Cc1c(-c2ccccc2)c2c([n+](-c3ccccc3)c1N)CCCC2.[Cl-]. The molecule has 0 unspecified atom stereocenters. The fraction of sp³-hybridized carbons (Fsp3) is 0.182. The van der Waals surface area contributed by atoms with Crippen LogP contribution in [0.1, 0.15) is 29.7 Å². The molecule has 0 spiro atoms. The Balaban J connectivity index is 0.00000196. The Morgan fingerprint density at radius 3 is 2.15 bits per heavy atom. The molecule has 0 saturated heterocycles. The quantitative estimate of drug-likeness (QED) is 0.691. The lowest BCUT2D eigenvalue weighted by Gasteiger charge is -2.23. The zero-order valence-electron chi connectivity index (χ0n) is 14.5. The van der Waals surface area contributed by atoms with Crippen LogP contribution < -0.4 is 22.7 Å². The van der Waals surface area contributed by atoms with Crippen molar-refractivity contribution in [1.82, 2.24) is 0 Å². The summed E-state index contributed by atoms with van der Waals surface area (Å²) >= 11 is 0. The number of para-hydroxylation sites is 1. The lowest BCUT2D eigenvalue weighted by Crippen LogP contribution is -3.00. The van der Waals surface area contributed by atoms with Gasteiger partial charge < -0.3 is 12.4 Å². The van der Waals surface area contributed by atoms with Crippen molar-refractivity contribution in [2.75, 3.05) is 5.73 Å². The molecule has 0 atom stereocenters. The van der Waals surface area contributed by atoms with Crippen LogP contribution in [0.5, 0.6) is 0 Å². The van der Waals surface area contributed by atoms with Crippen molar-refractivity contribution in [3.05, 3.63) is 77.5 Å². The van der Waals surface area contributed by atoms with Crippen molar-refractivity contribution in [3.63, 3.8) is 0 Å². The summed E-state index contributed by atoms with van der Waals surface area (Å²) in [5.74, 6) is 0.535. The van der Waals surface area contributed by atoms with Crippen LogP contribution in [0, 0.1) is 11.3 Å². The van der Waals surface area contributed by atoms with Gasteiger partial charge in [-0.1, -0.05) is 48.5 Å². The molecule has 26 heavy (non-hydrogen) atoms. The summed E-state index contributed by atoms with van der Waals surface area (Å²) in [6.45, 7) is 0. The lowest BCUT2D eigenvalue weighted by molar-refractivity contribution is -0.590. The molecule has 1 aromatic heterocycles. The minimum Gasteiger partial charge on any atom is -1.00 e. The van der Waals surface area contributed by atoms with Crippen LogP contribution in [0.4, 0.5) is 5.82 Å². The summed E-state index contributed by atoms with van der Waals surface area (Å²) in [6, 6.07) is 22.6. The molecule has 1 heterocycles. The number of hydrogen-bond acceptors (Lipinski definition) is 2. The predicted octanol–water partition coefficient (Wildman–Crippen LogP) is 0.967. The normalized spacial score (nSPS) is 12.6. The molecule has 130 valence electrons. The number of hydrogen-bond donors (Lipinski definition) is 1. The second kappa shape index (κ2) is 7.59. The summed E-state index contributed by atoms with van der Waals surface area (Å²) in [5.41, 5.74) is 12.7. The number of nitriles is 1. The fourth-order valence-electron chi connectivity index (χ4n) is 3.85. The number of nitrogens with two attached hydrogens (primary N) is 1. The van der Waals surface area contributed by atoms with Crippen LogP contribution in [0.3, 0.4) is 0 Å². The van der Waals surface area contributed by atoms with Gasteiger partial charge in [0.25, 0.3) is 5.82 Å². The van der Waals surface area contributed by atoms with Crippen molar-refractivity contribution < 1.29 is 17.0 Å². The fourth-order valence-corrected chi connectivity index (χ4v) is 3.85. The van der Waals surface area contributed by atoms with Crippen molar-refractivity contribution in [1.29, 1.82) is 5.26 Å². The molecule has 4 rings (SSSR count). The third-order valence-electron chi connectivity index (χ3n) is 4.95. The molecular weight excluding hydrogens is 342 g/mol. The predicted molar refractivity (Wildman–Crippen MR) is 99.2 cm³/mol. The Morgan fingerprint density at radius 1 is 0.885 bits per heavy atom. The van der Waals surface area contributed by atoms with Crippen LogP contribution in [0.15, 0.2) is 60.7 Å². The lowest BCUT2D eigenvalue weighted by atomic mass is 9.86. The van der Waals surface area contributed by atoms with Gasteiger partial charge in [-0.25, -0.2) is 0 Å². The van der Waals surface area contributed by atoms with E-state index in [2.05, 4.69) is 34.9 Å². The number of nitrogens with zero attached hydrogens (tertiary/aromatic N) is 2. The van der Waals surface area contributed by atoms with E-state index in [1.165, 1.54) is 11.3 Å². The molecule has 1 aliphatic carbocycles. The molecule has 3 nitrogen and oxygen atoms in total.